The molecule has 2 aromatic rings. The topological polar surface area (TPSA) is 69.6 Å². The number of hydrogen-bond acceptors (Lipinski definition) is 3. The zero-order valence-electron chi connectivity index (χ0n) is 11.9. The Morgan fingerprint density at radius 3 is 2.27 bits per heavy atom. The maximum Gasteiger partial charge on any atom is 0.333 e. The zero-order chi connectivity index (χ0) is 15.7. The minimum Gasteiger partial charge on any atom is -0.508 e. The lowest BCUT2D eigenvalue weighted by atomic mass is 10.2. The first kappa shape index (κ1) is 13.9. The number of hydrogen-bond donors (Lipinski definition) is 2. The Labute approximate surface area is 127 Å². The predicted octanol–water partition coefficient (Wildman–Crippen LogP) is 2.80. The predicted molar refractivity (Wildman–Crippen MR) is 83.3 cm³/mol. The Hall–Kier alpha value is -3.08. The third-order valence-corrected chi connectivity index (χ3v) is 3.37. The summed E-state index contributed by atoms with van der Waals surface area (Å²) in [7, 11) is 0. The maximum atomic E-state index is 12.4. The second-order valence-electron chi connectivity index (χ2n) is 5.06. The number of phenolic OH excluding ortho intramolecular Hbond substituents is 1. The average Bonchev–Trinajstić information content (AvgIpc) is 2.77. The van der Waals surface area contributed by atoms with Crippen molar-refractivity contribution >= 4 is 23.7 Å². The number of phenols is 1. The van der Waals surface area contributed by atoms with E-state index in [4.69, 9.17) is 0 Å². The fourth-order valence-corrected chi connectivity index (χ4v) is 2.20. The second-order valence-corrected chi connectivity index (χ2v) is 5.06. The first-order valence-electron chi connectivity index (χ1n) is 6.77. The molecule has 0 saturated carbocycles. The molecule has 110 valence electrons. The highest BCUT2D eigenvalue weighted by molar-refractivity contribution is 6.28. The first-order chi connectivity index (χ1) is 10.5. The highest BCUT2D eigenvalue weighted by Crippen LogP contribution is 2.23. The van der Waals surface area contributed by atoms with E-state index < -0.39 is 11.9 Å². The van der Waals surface area contributed by atoms with Crippen molar-refractivity contribution in [1.29, 1.82) is 0 Å². The molecule has 5 nitrogen and oxygen atoms in total. The van der Waals surface area contributed by atoms with Crippen molar-refractivity contribution in [2.24, 2.45) is 0 Å². The molecule has 2 aromatic carbocycles. The van der Waals surface area contributed by atoms with Crippen LogP contribution in [0.3, 0.4) is 0 Å². The van der Waals surface area contributed by atoms with Crippen LogP contribution in [0.2, 0.25) is 0 Å². The largest absolute Gasteiger partial charge is 0.508 e. The number of amides is 3. The van der Waals surface area contributed by atoms with Crippen LogP contribution in [0.15, 0.2) is 54.2 Å². The lowest BCUT2D eigenvalue weighted by Gasteiger charge is -2.11. The molecule has 0 aliphatic carbocycles. The number of imide groups is 1. The quantitative estimate of drug-likeness (QED) is 0.661. The van der Waals surface area contributed by atoms with E-state index in [1.165, 1.54) is 12.1 Å². The number of anilines is 1. The molecule has 2 N–H and O–H groups in total. The molecular weight excluding hydrogens is 280 g/mol. The van der Waals surface area contributed by atoms with Gasteiger partial charge in [-0.05, 0) is 42.8 Å². The molecular formula is C17H14N2O3. The van der Waals surface area contributed by atoms with Gasteiger partial charge in [-0.15, -0.1) is 0 Å². The summed E-state index contributed by atoms with van der Waals surface area (Å²) in [6.45, 7) is 1.94. The summed E-state index contributed by atoms with van der Waals surface area (Å²) < 4.78 is 0. The van der Waals surface area contributed by atoms with E-state index in [1.807, 2.05) is 19.1 Å². The molecule has 1 aliphatic rings. The van der Waals surface area contributed by atoms with Gasteiger partial charge in [0.05, 0.1) is 5.69 Å². The summed E-state index contributed by atoms with van der Waals surface area (Å²) in [4.78, 5) is 25.5. The Morgan fingerprint density at radius 1 is 1.00 bits per heavy atom. The summed E-state index contributed by atoms with van der Waals surface area (Å²) in [5, 5.41) is 11.8. The molecule has 1 heterocycles. The van der Waals surface area contributed by atoms with Crippen molar-refractivity contribution in [2.45, 2.75) is 6.92 Å². The number of nitrogens with zero attached hydrogens (tertiary/aromatic N) is 1. The molecule has 22 heavy (non-hydrogen) atoms. The lowest BCUT2D eigenvalue weighted by molar-refractivity contribution is -0.113. The molecule has 3 amide bonds. The normalized spacial score (nSPS) is 16.2. The van der Waals surface area contributed by atoms with E-state index in [2.05, 4.69) is 5.32 Å². The van der Waals surface area contributed by atoms with Gasteiger partial charge in [-0.3, -0.25) is 4.79 Å². The van der Waals surface area contributed by atoms with Crippen LogP contribution in [0.5, 0.6) is 5.75 Å². The summed E-state index contributed by atoms with van der Waals surface area (Å²) in [6.07, 6.45) is 1.58. The third-order valence-electron chi connectivity index (χ3n) is 3.37. The summed E-state index contributed by atoms with van der Waals surface area (Å²) in [5.41, 5.74) is 2.50. The van der Waals surface area contributed by atoms with Crippen molar-refractivity contribution in [1.82, 2.24) is 5.32 Å². The number of aryl methyl sites for hydroxylation is 1. The third kappa shape index (κ3) is 2.56. The van der Waals surface area contributed by atoms with Crippen molar-refractivity contribution in [3.8, 4) is 5.75 Å². The van der Waals surface area contributed by atoms with E-state index in [9.17, 15) is 14.7 Å². The van der Waals surface area contributed by atoms with Crippen LogP contribution >= 0.6 is 0 Å². The smallest absolute Gasteiger partial charge is 0.333 e. The van der Waals surface area contributed by atoms with E-state index in [1.54, 1.807) is 30.3 Å². The van der Waals surface area contributed by atoms with E-state index >= 15 is 0 Å². The van der Waals surface area contributed by atoms with Gasteiger partial charge in [-0.2, -0.15) is 0 Å². The summed E-state index contributed by atoms with van der Waals surface area (Å²) in [5.74, 6) is -0.257. The molecule has 0 aromatic heterocycles. The molecule has 0 atom stereocenters. The van der Waals surface area contributed by atoms with Crippen LogP contribution in [0.4, 0.5) is 10.5 Å². The van der Waals surface area contributed by atoms with E-state index in [-0.39, 0.29) is 11.4 Å². The van der Waals surface area contributed by atoms with Crippen LogP contribution in [-0.2, 0) is 4.79 Å². The minimum absolute atomic E-state index is 0.144. The fraction of sp³-hybridized carbons (Fsp3) is 0.0588. The van der Waals surface area contributed by atoms with Crippen LogP contribution in [0.25, 0.3) is 6.08 Å². The number of rotatable bonds is 2. The van der Waals surface area contributed by atoms with Gasteiger partial charge in [0.15, 0.2) is 0 Å². The number of benzene rings is 2. The number of aromatic hydroxyl groups is 1. The number of urea groups is 1. The molecule has 0 radical (unpaired) electrons. The molecule has 1 saturated heterocycles. The van der Waals surface area contributed by atoms with Crippen molar-refractivity contribution in [3.05, 3.63) is 65.4 Å². The molecule has 1 aliphatic heterocycles. The van der Waals surface area contributed by atoms with Gasteiger partial charge < -0.3 is 10.4 Å². The van der Waals surface area contributed by atoms with Crippen molar-refractivity contribution < 1.29 is 14.7 Å². The Bertz CT molecular complexity index is 761. The zero-order valence-corrected chi connectivity index (χ0v) is 11.9. The fourth-order valence-electron chi connectivity index (χ4n) is 2.20. The van der Waals surface area contributed by atoms with Crippen LogP contribution in [0, 0.1) is 6.92 Å². The average molecular weight is 294 g/mol. The second kappa shape index (κ2) is 5.37. The molecule has 3 rings (SSSR count). The van der Waals surface area contributed by atoms with E-state index in [0.29, 0.717) is 11.3 Å². The van der Waals surface area contributed by atoms with Gasteiger partial charge in [0.1, 0.15) is 11.4 Å². The molecule has 0 bridgehead atoms. The van der Waals surface area contributed by atoms with Crippen LogP contribution in [0.1, 0.15) is 11.1 Å². The van der Waals surface area contributed by atoms with Crippen LogP contribution < -0.4 is 10.2 Å². The highest BCUT2D eigenvalue weighted by Gasteiger charge is 2.34. The molecule has 0 unspecified atom stereocenters. The van der Waals surface area contributed by atoms with E-state index in [0.717, 1.165) is 10.5 Å². The summed E-state index contributed by atoms with van der Waals surface area (Å²) in [6, 6.07) is 13.0. The van der Waals surface area contributed by atoms with Gasteiger partial charge in [0, 0.05) is 0 Å². The highest BCUT2D eigenvalue weighted by atomic mass is 16.3. The Morgan fingerprint density at radius 2 is 1.64 bits per heavy atom. The standard InChI is InChI=1S/C17H14N2O3/c1-11-2-6-13(7-3-11)19-16(21)15(18-17(19)22)10-12-4-8-14(20)9-5-12/h2-10,20H,1H3,(H,18,22)/b15-10-. The summed E-state index contributed by atoms with van der Waals surface area (Å²) >= 11 is 0. The van der Waals surface area contributed by atoms with Crippen LogP contribution in [-0.4, -0.2) is 17.0 Å². The lowest BCUT2D eigenvalue weighted by Crippen LogP contribution is -2.30. The first-order valence-corrected chi connectivity index (χ1v) is 6.77. The monoisotopic (exact) mass is 294 g/mol. The van der Waals surface area contributed by atoms with Gasteiger partial charge in [-0.25, -0.2) is 9.69 Å². The molecule has 5 heteroatoms. The van der Waals surface area contributed by atoms with Gasteiger partial charge in [0.25, 0.3) is 5.91 Å². The number of nitrogens with one attached hydrogen (secondary N) is 1. The number of carbonyl (C=O) groups excluding carboxylic acids is 2. The van der Waals surface area contributed by atoms with Gasteiger partial charge in [0.2, 0.25) is 0 Å². The van der Waals surface area contributed by atoms with Crippen molar-refractivity contribution in [3.63, 3.8) is 0 Å². The minimum atomic E-state index is -0.473. The SMILES string of the molecule is Cc1ccc(N2C(=O)N/C(=C\c3ccc(O)cc3)C2=O)cc1. The number of carbonyl (C=O) groups is 2. The molecule has 0 spiro atoms. The Balaban J connectivity index is 1.91. The van der Waals surface area contributed by atoms with Gasteiger partial charge in [-0.1, -0.05) is 29.8 Å². The van der Waals surface area contributed by atoms with Crippen molar-refractivity contribution in [2.75, 3.05) is 4.90 Å². The van der Waals surface area contributed by atoms with Gasteiger partial charge >= 0.3 is 6.03 Å². The maximum absolute atomic E-state index is 12.4. The molecule has 1 fully saturated rings. The Kier molecular flexibility index (Phi) is 3.39.